The molecule has 8 heteroatoms. The molecule has 152 valence electrons. The number of hydrogen-bond donors (Lipinski definition) is 2. The van der Waals surface area contributed by atoms with Crippen molar-refractivity contribution in [3.05, 3.63) is 39.5 Å². The lowest BCUT2D eigenvalue weighted by Crippen LogP contribution is -2.38. The minimum atomic E-state index is -0.172. The van der Waals surface area contributed by atoms with Gasteiger partial charge in [-0.3, -0.25) is 4.79 Å². The number of nitrogens with zero attached hydrogens (tertiary/aromatic N) is 2. The van der Waals surface area contributed by atoms with Crippen molar-refractivity contribution in [3.63, 3.8) is 0 Å². The number of aromatic nitrogens is 2. The van der Waals surface area contributed by atoms with E-state index in [1.54, 1.807) is 12.1 Å². The third kappa shape index (κ3) is 3.98. The molecule has 0 radical (unpaired) electrons. The molecule has 0 atom stereocenters. The summed E-state index contributed by atoms with van der Waals surface area (Å²) in [4.78, 5) is 35.2. The molecule has 0 bridgehead atoms. The van der Waals surface area contributed by atoms with Gasteiger partial charge in [0, 0.05) is 18.8 Å². The van der Waals surface area contributed by atoms with Gasteiger partial charge in [0.05, 0.1) is 17.6 Å². The maximum atomic E-state index is 12.6. The largest absolute Gasteiger partial charge is 0.493 e. The van der Waals surface area contributed by atoms with Gasteiger partial charge in [-0.05, 0) is 62.3 Å². The molecule has 2 amide bonds. The maximum absolute atomic E-state index is 12.6. The van der Waals surface area contributed by atoms with E-state index < -0.39 is 0 Å². The molecular weight excluding hydrogens is 388 g/mol. The number of urea groups is 1. The molecule has 29 heavy (non-hydrogen) atoms. The van der Waals surface area contributed by atoms with Crippen molar-refractivity contribution in [1.29, 1.82) is 0 Å². The van der Waals surface area contributed by atoms with E-state index >= 15 is 0 Å². The van der Waals surface area contributed by atoms with Gasteiger partial charge in [0.2, 0.25) is 0 Å². The average molecular weight is 413 g/mol. The molecule has 7 nitrogen and oxygen atoms in total. The quantitative estimate of drug-likeness (QED) is 0.666. The second kappa shape index (κ2) is 8.24. The minimum Gasteiger partial charge on any atom is -0.493 e. The Balaban J connectivity index is 1.70. The van der Waals surface area contributed by atoms with Gasteiger partial charge in [0.25, 0.3) is 5.56 Å². The number of likely N-dealkylation sites (tertiary alicyclic amines) is 1. The van der Waals surface area contributed by atoms with Crippen LogP contribution in [-0.2, 0) is 0 Å². The fourth-order valence-corrected chi connectivity index (χ4v) is 4.51. The zero-order valence-corrected chi connectivity index (χ0v) is 17.4. The minimum absolute atomic E-state index is 0.106. The first-order valence-corrected chi connectivity index (χ1v) is 10.8. The van der Waals surface area contributed by atoms with Crippen LogP contribution in [0.25, 0.3) is 21.6 Å². The number of amides is 2. The Morgan fingerprint density at radius 3 is 2.86 bits per heavy atom. The van der Waals surface area contributed by atoms with Crippen LogP contribution >= 0.6 is 11.3 Å². The monoisotopic (exact) mass is 412 g/mol. The number of benzene rings is 1. The standard InChI is InChI=1S/C21H24N4O3S/c1-3-28-16-8-7-14(22-21(27)25-9-5-4-6-10-25)11-15(16)18-23-19(26)17-13(2)12-29-20(17)24-18/h7-8,11-12H,3-6,9-10H2,1-2H3,(H,22,27)(H,23,24,26). The average Bonchev–Trinajstić information content (AvgIpc) is 3.11. The number of ether oxygens (including phenoxy) is 1. The van der Waals surface area contributed by atoms with Crippen molar-refractivity contribution in [2.75, 3.05) is 25.0 Å². The van der Waals surface area contributed by atoms with Crippen LogP contribution in [0.2, 0.25) is 0 Å². The van der Waals surface area contributed by atoms with Crippen LogP contribution in [0.5, 0.6) is 5.75 Å². The zero-order chi connectivity index (χ0) is 20.4. The summed E-state index contributed by atoms with van der Waals surface area (Å²) in [6, 6.07) is 5.30. The van der Waals surface area contributed by atoms with Gasteiger partial charge in [0.15, 0.2) is 0 Å². The van der Waals surface area contributed by atoms with Gasteiger partial charge in [-0.1, -0.05) is 0 Å². The van der Waals surface area contributed by atoms with Crippen molar-refractivity contribution in [1.82, 2.24) is 14.9 Å². The summed E-state index contributed by atoms with van der Waals surface area (Å²) in [6.07, 6.45) is 3.24. The lowest BCUT2D eigenvalue weighted by atomic mass is 10.1. The maximum Gasteiger partial charge on any atom is 0.321 e. The second-order valence-electron chi connectivity index (χ2n) is 7.14. The van der Waals surface area contributed by atoms with Crippen LogP contribution < -0.4 is 15.6 Å². The summed E-state index contributed by atoms with van der Waals surface area (Å²) in [7, 11) is 0. The summed E-state index contributed by atoms with van der Waals surface area (Å²) >= 11 is 1.44. The van der Waals surface area contributed by atoms with E-state index in [-0.39, 0.29) is 11.6 Å². The van der Waals surface area contributed by atoms with Gasteiger partial charge in [-0.25, -0.2) is 9.78 Å². The van der Waals surface area contributed by atoms with Crippen molar-refractivity contribution >= 4 is 33.3 Å². The first-order chi connectivity index (χ1) is 14.1. The Hall–Kier alpha value is -2.87. The lowest BCUT2D eigenvalue weighted by Gasteiger charge is -2.27. The van der Waals surface area contributed by atoms with Crippen molar-refractivity contribution in [3.8, 4) is 17.1 Å². The molecule has 0 spiro atoms. The van der Waals surface area contributed by atoms with Gasteiger partial charge in [-0.2, -0.15) is 0 Å². The van der Waals surface area contributed by atoms with Crippen LogP contribution in [0, 0.1) is 6.92 Å². The summed E-state index contributed by atoms with van der Waals surface area (Å²) in [5.41, 5.74) is 2.03. The Kier molecular flexibility index (Phi) is 5.53. The molecule has 2 aromatic heterocycles. The van der Waals surface area contributed by atoms with E-state index in [9.17, 15) is 9.59 Å². The van der Waals surface area contributed by atoms with E-state index in [0.717, 1.165) is 31.5 Å². The summed E-state index contributed by atoms with van der Waals surface area (Å²) < 4.78 is 5.74. The van der Waals surface area contributed by atoms with E-state index in [1.165, 1.54) is 17.8 Å². The van der Waals surface area contributed by atoms with Crippen LogP contribution in [0.1, 0.15) is 31.7 Å². The third-order valence-corrected chi connectivity index (χ3v) is 6.05. The predicted molar refractivity (Wildman–Crippen MR) is 116 cm³/mol. The number of hydrogen-bond acceptors (Lipinski definition) is 5. The van der Waals surface area contributed by atoms with E-state index in [0.29, 0.717) is 39.6 Å². The molecule has 4 rings (SSSR count). The lowest BCUT2D eigenvalue weighted by molar-refractivity contribution is 0.200. The molecule has 0 aliphatic carbocycles. The first kappa shape index (κ1) is 19.4. The van der Waals surface area contributed by atoms with Crippen LogP contribution in [0.3, 0.4) is 0 Å². The van der Waals surface area contributed by atoms with Crippen molar-refractivity contribution in [2.24, 2.45) is 0 Å². The number of rotatable bonds is 4. The van der Waals surface area contributed by atoms with E-state index in [2.05, 4.69) is 15.3 Å². The molecule has 1 fully saturated rings. The number of nitrogens with one attached hydrogen (secondary N) is 2. The number of piperidine rings is 1. The fraction of sp³-hybridized carbons (Fsp3) is 0.381. The third-order valence-electron chi connectivity index (χ3n) is 5.06. The molecular formula is C21H24N4O3S. The second-order valence-corrected chi connectivity index (χ2v) is 7.99. The topological polar surface area (TPSA) is 87.3 Å². The smallest absolute Gasteiger partial charge is 0.321 e. The number of carbonyl (C=O) groups excluding carboxylic acids is 1. The molecule has 3 heterocycles. The molecule has 0 saturated carbocycles. The molecule has 1 aliphatic heterocycles. The van der Waals surface area contributed by atoms with Gasteiger partial charge < -0.3 is 19.9 Å². The number of anilines is 1. The number of aryl methyl sites for hydroxylation is 1. The molecule has 1 saturated heterocycles. The molecule has 3 aromatic rings. The number of carbonyl (C=O) groups is 1. The summed E-state index contributed by atoms with van der Waals surface area (Å²) in [6.45, 7) is 5.84. The van der Waals surface area contributed by atoms with Gasteiger partial charge >= 0.3 is 6.03 Å². The first-order valence-electron chi connectivity index (χ1n) is 9.88. The van der Waals surface area contributed by atoms with Crippen molar-refractivity contribution in [2.45, 2.75) is 33.1 Å². The van der Waals surface area contributed by atoms with E-state index in [4.69, 9.17) is 4.74 Å². The molecule has 1 aliphatic rings. The number of fused-ring (bicyclic) bond motifs is 1. The highest BCUT2D eigenvalue weighted by molar-refractivity contribution is 7.16. The Morgan fingerprint density at radius 2 is 2.10 bits per heavy atom. The summed E-state index contributed by atoms with van der Waals surface area (Å²) in [5, 5.41) is 5.50. The number of thiophene rings is 1. The van der Waals surface area contributed by atoms with E-state index in [1.807, 2.05) is 30.2 Å². The Labute approximate surface area is 172 Å². The van der Waals surface area contributed by atoms with Crippen LogP contribution in [-0.4, -0.2) is 40.6 Å². The fourth-order valence-electron chi connectivity index (χ4n) is 3.59. The SMILES string of the molecule is CCOc1ccc(NC(=O)N2CCCCC2)cc1-c1nc2scc(C)c2c(=O)[nH]1. The highest BCUT2D eigenvalue weighted by Crippen LogP contribution is 2.32. The predicted octanol–water partition coefficient (Wildman–Crippen LogP) is 4.38. The van der Waals surface area contributed by atoms with Crippen LogP contribution in [0.15, 0.2) is 28.4 Å². The highest BCUT2D eigenvalue weighted by atomic mass is 32.1. The highest BCUT2D eigenvalue weighted by Gasteiger charge is 2.18. The summed E-state index contributed by atoms with van der Waals surface area (Å²) in [5.74, 6) is 1.04. The molecule has 1 aromatic carbocycles. The Morgan fingerprint density at radius 1 is 1.31 bits per heavy atom. The van der Waals surface area contributed by atoms with Gasteiger partial charge in [0.1, 0.15) is 16.4 Å². The Bertz CT molecular complexity index is 1100. The zero-order valence-electron chi connectivity index (χ0n) is 16.6. The number of aromatic amines is 1. The molecule has 0 unspecified atom stereocenters. The number of H-pyrrole nitrogens is 1. The van der Waals surface area contributed by atoms with Gasteiger partial charge in [-0.15, -0.1) is 11.3 Å². The molecule has 2 N–H and O–H groups in total. The normalized spacial score (nSPS) is 14.2. The van der Waals surface area contributed by atoms with Crippen LogP contribution in [0.4, 0.5) is 10.5 Å². The van der Waals surface area contributed by atoms with Crippen molar-refractivity contribution < 1.29 is 9.53 Å².